The van der Waals surface area contributed by atoms with E-state index in [1.807, 2.05) is 50.4 Å². The van der Waals surface area contributed by atoms with Crippen LogP contribution in [-0.2, 0) is 9.59 Å². The number of hydrogen-bond donors (Lipinski definition) is 1. The minimum absolute atomic E-state index is 0.0223. The Balaban J connectivity index is 1.85. The van der Waals surface area contributed by atoms with E-state index in [1.54, 1.807) is 7.05 Å². The van der Waals surface area contributed by atoms with E-state index in [0.717, 1.165) is 21.3 Å². The quantitative estimate of drug-likeness (QED) is 0.800. The van der Waals surface area contributed by atoms with Gasteiger partial charge in [-0.15, -0.1) is 11.3 Å². The second-order valence-electron chi connectivity index (χ2n) is 5.62. The Labute approximate surface area is 150 Å². The van der Waals surface area contributed by atoms with Gasteiger partial charge in [-0.1, -0.05) is 29.5 Å². The van der Waals surface area contributed by atoms with Gasteiger partial charge in [0.1, 0.15) is 0 Å². The number of amides is 2. The highest BCUT2D eigenvalue weighted by Crippen LogP contribution is 2.27. The third kappa shape index (κ3) is 5.35. The van der Waals surface area contributed by atoms with Gasteiger partial charge in [-0.05, 0) is 32.9 Å². The Morgan fingerprint density at radius 2 is 1.96 bits per heavy atom. The van der Waals surface area contributed by atoms with E-state index >= 15 is 0 Å². The lowest BCUT2D eigenvalue weighted by atomic mass is 10.2. The minimum Gasteiger partial charge on any atom is -0.335 e. The molecule has 24 heavy (non-hydrogen) atoms. The van der Waals surface area contributed by atoms with Gasteiger partial charge in [0.2, 0.25) is 11.8 Å². The lowest BCUT2D eigenvalue weighted by Crippen LogP contribution is -2.38. The van der Waals surface area contributed by atoms with Crippen molar-refractivity contribution >= 4 is 40.6 Å². The first kappa shape index (κ1) is 18.5. The summed E-state index contributed by atoms with van der Waals surface area (Å²) in [5.74, 6) is -0.302. The van der Waals surface area contributed by atoms with Gasteiger partial charge in [0, 0.05) is 23.8 Å². The number of aromatic nitrogens is 1. The molecule has 0 fully saturated rings. The Morgan fingerprint density at radius 1 is 1.29 bits per heavy atom. The van der Waals surface area contributed by atoms with E-state index in [9.17, 15) is 9.59 Å². The van der Waals surface area contributed by atoms with Crippen LogP contribution in [0.15, 0.2) is 34.0 Å². The number of likely N-dealkylation sites (N-methyl/N-ethyl adjacent to an activating group) is 1. The molecule has 1 heterocycles. The van der Waals surface area contributed by atoms with Crippen LogP contribution in [0.4, 0.5) is 5.69 Å². The topological polar surface area (TPSA) is 62.3 Å². The number of nitrogens with zero attached hydrogens (tertiary/aromatic N) is 2. The van der Waals surface area contributed by atoms with Crippen LogP contribution in [0.2, 0.25) is 0 Å². The number of aryl methyl sites for hydroxylation is 2. The summed E-state index contributed by atoms with van der Waals surface area (Å²) in [6.07, 6.45) is 0. The Bertz CT molecular complexity index is 713. The summed E-state index contributed by atoms with van der Waals surface area (Å²) in [5.41, 5.74) is 2.81. The van der Waals surface area contributed by atoms with Crippen molar-refractivity contribution in [1.82, 2.24) is 9.88 Å². The van der Waals surface area contributed by atoms with Crippen molar-refractivity contribution in [3.63, 3.8) is 0 Å². The van der Waals surface area contributed by atoms with Crippen molar-refractivity contribution in [3.05, 3.63) is 40.9 Å². The van der Waals surface area contributed by atoms with E-state index in [1.165, 1.54) is 28.0 Å². The van der Waals surface area contributed by atoms with E-state index in [4.69, 9.17) is 0 Å². The third-order valence-corrected chi connectivity index (χ3v) is 5.49. The molecule has 1 atom stereocenters. The van der Waals surface area contributed by atoms with Crippen molar-refractivity contribution < 1.29 is 9.59 Å². The first-order valence-corrected chi connectivity index (χ1v) is 9.31. The molecule has 1 aromatic heterocycles. The SMILES string of the molecule is Cc1ccc(NC(=O)CN(C)C(=O)[C@H](C)Sc2nc(C)cs2)cc1. The van der Waals surface area contributed by atoms with Crippen molar-refractivity contribution in [2.45, 2.75) is 30.4 Å². The molecule has 2 amide bonds. The number of carbonyl (C=O) groups excluding carboxylic acids is 2. The molecule has 5 nitrogen and oxygen atoms in total. The molecular formula is C17H21N3O2S2. The highest BCUT2D eigenvalue weighted by Gasteiger charge is 2.21. The molecule has 1 aromatic carbocycles. The van der Waals surface area contributed by atoms with E-state index in [2.05, 4.69) is 10.3 Å². The van der Waals surface area contributed by atoms with Gasteiger partial charge in [-0.25, -0.2) is 4.98 Å². The molecule has 0 aliphatic carbocycles. The maximum absolute atomic E-state index is 12.4. The number of thiazole rings is 1. The highest BCUT2D eigenvalue weighted by atomic mass is 32.2. The molecule has 2 aromatic rings. The maximum Gasteiger partial charge on any atom is 0.243 e. The van der Waals surface area contributed by atoms with Crippen LogP contribution >= 0.6 is 23.1 Å². The van der Waals surface area contributed by atoms with E-state index in [-0.39, 0.29) is 23.6 Å². The van der Waals surface area contributed by atoms with Gasteiger partial charge < -0.3 is 10.2 Å². The van der Waals surface area contributed by atoms with Crippen molar-refractivity contribution in [3.8, 4) is 0 Å². The maximum atomic E-state index is 12.4. The van der Waals surface area contributed by atoms with Crippen molar-refractivity contribution in [2.24, 2.45) is 0 Å². The summed E-state index contributed by atoms with van der Waals surface area (Å²) in [4.78, 5) is 30.3. The molecule has 0 radical (unpaired) electrons. The van der Waals surface area contributed by atoms with Crippen LogP contribution in [0, 0.1) is 13.8 Å². The molecule has 7 heteroatoms. The molecule has 0 spiro atoms. The van der Waals surface area contributed by atoms with Crippen LogP contribution in [0.3, 0.4) is 0 Å². The Morgan fingerprint density at radius 3 is 2.54 bits per heavy atom. The number of benzene rings is 1. The average molecular weight is 364 g/mol. The molecular weight excluding hydrogens is 342 g/mol. The summed E-state index contributed by atoms with van der Waals surface area (Å²) in [6.45, 7) is 5.77. The number of carbonyl (C=O) groups is 2. The zero-order chi connectivity index (χ0) is 17.7. The van der Waals surface area contributed by atoms with Gasteiger partial charge in [0.15, 0.2) is 4.34 Å². The second kappa shape index (κ2) is 8.30. The van der Waals surface area contributed by atoms with Crippen molar-refractivity contribution in [2.75, 3.05) is 18.9 Å². The number of nitrogens with one attached hydrogen (secondary N) is 1. The standard InChI is InChI=1S/C17H21N3O2S2/c1-11-5-7-14(8-6-11)19-15(21)9-20(4)16(22)13(3)24-17-18-12(2)10-23-17/h5-8,10,13H,9H2,1-4H3,(H,19,21)/t13-/m0/s1. The largest absolute Gasteiger partial charge is 0.335 e. The van der Waals surface area contributed by atoms with Crippen LogP contribution in [0.25, 0.3) is 0 Å². The molecule has 0 aliphatic heterocycles. The fourth-order valence-electron chi connectivity index (χ4n) is 2.03. The summed E-state index contributed by atoms with van der Waals surface area (Å²) in [7, 11) is 1.64. The fraction of sp³-hybridized carbons (Fsp3) is 0.353. The predicted molar refractivity (Wildman–Crippen MR) is 99.6 cm³/mol. The fourth-order valence-corrected chi connectivity index (χ4v) is 4.13. The number of hydrogen-bond acceptors (Lipinski definition) is 5. The molecule has 2 rings (SSSR count). The van der Waals surface area contributed by atoms with Gasteiger partial charge in [-0.2, -0.15) is 0 Å². The van der Waals surface area contributed by atoms with Crippen LogP contribution in [0.1, 0.15) is 18.2 Å². The monoisotopic (exact) mass is 363 g/mol. The van der Waals surface area contributed by atoms with Gasteiger partial charge in [-0.3, -0.25) is 9.59 Å². The molecule has 0 bridgehead atoms. The van der Waals surface area contributed by atoms with Gasteiger partial charge >= 0.3 is 0 Å². The molecule has 0 unspecified atom stereocenters. The second-order valence-corrected chi connectivity index (χ2v) is 8.07. The summed E-state index contributed by atoms with van der Waals surface area (Å²) in [6, 6.07) is 7.55. The minimum atomic E-state index is -0.285. The summed E-state index contributed by atoms with van der Waals surface area (Å²) < 4.78 is 0.867. The van der Waals surface area contributed by atoms with Crippen LogP contribution < -0.4 is 5.32 Å². The Hall–Kier alpha value is -1.86. The van der Waals surface area contributed by atoms with E-state index < -0.39 is 0 Å². The molecule has 0 aliphatic rings. The molecule has 0 saturated heterocycles. The summed E-state index contributed by atoms with van der Waals surface area (Å²) >= 11 is 2.94. The van der Waals surface area contributed by atoms with Gasteiger partial charge in [0.05, 0.1) is 11.8 Å². The lowest BCUT2D eigenvalue weighted by Gasteiger charge is -2.20. The van der Waals surface area contributed by atoms with Crippen molar-refractivity contribution in [1.29, 1.82) is 0 Å². The third-order valence-electron chi connectivity index (χ3n) is 3.32. The normalized spacial score (nSPS) is 11.8. The summed E-state index contributed by atoms with van der Waals surface area (Å²) in [5, 5.41) is 4.47. The first-order chi connectivity index (χ1) is 11.3. The van der Waals surface area contributed by atoms with Crippen LogP contribution in [-0.4, -0.2) is 40.5 Å². The highest BCUT2D eigenvalue weighted by molar-refractivity contribution is 8.02. The number of anilines is 1. The zero-order valence-corrected chi connectivity index (χ0v) is 15.8. The predicted octanol–water partition coefficient (Wildman–Crippen LogP) is 3.34. The van der Waals surface area contributed by atoms with Gasteiger partial charge in [0.25, 0.3) is 0 Å². The lowest BCUT2D eigenvalue weighted by molar-refractivity contribution is -0.132. The number of thioether (sulfide) groups is 1. The zero-order valence-electron chi connectivity index (χ0n) is 14.2. The van der Waals surface area contributed by atoms with E-state index in [0.29, 0.717) is 0 Å². The van der Waals surface area contributed by atoms with Crippen LogP contribution in [0.5, 0.6) is 0 Å². The molecule has 128 valence electrons. The molecule has 1 N–H and O–H groups in total. The first-order valence-electron chi connectivity index (χ1n) is 7.55. The smallest absolute Gasteiger partial charge is 0.243 e. The molecule has 0 saturated carbocycles. The Kier molecular flexibility index (Phi) is 6.39. The average Bonchev–Trinajstić information content (AvgIpc) is 2.93. The number of rotatable bonds is 6.